The summed E-state index contributed by atoms with van der Waals surface area (Å²) in [6.45, 7) is 2.94. The molecule has 1 saturated heterocycles. The van der Waals surface area contributed by atoms with E-state index in [1.807, 2.05) is 0 Å². The van der Waals surface area contributed by atoms with Crippen LogP contribution in [0.3, 0.4) is 0 Å². The van der Waals surface area contributed by atoms with Gasteiger partial charge in [0.25, 0.3) is 0 Å². The topological polar surface area (TPSA) is 75.7 Å². The third-order valence-electron chi connectivity index (χ3n) is 4.08. The standard InChI is InChI=1S/C15H22N2O4/c1-11-5-2-3-6-12(11)10-21-14(19)7-4-8-17-13(18)9-16-15(17)20/h2-3,11-12H,4-10H2,1H3,(H,16,20)/t11-,12-/m0/s1. The van der Waals surface area contributed by atoms with Gasteiger partial charge in [0.2, 0.25) is 5.91 Å². The number of ether oxygens (including phenoxy) is 1. The zero-order chi connectivity index (χ0) is 15.2. The van der Waals surface area contributed by atoms with Gasteiger partial charge in [0, 0.05) is 13.0 Å². The van der Waals surface area contributed by atoms with E-state index in [9.17, 15) is 14.4 Å². The normalized spacial score (nSPS) is 25.1. The Kier molecular flexibility index (Phi) is 5.36. The lowest BCUT2D eigenvalue weighted by molar-refractivity contribution is -0.146. The van der Waals surface area contributed by atoms with Crippen molar-refractivity contribution in [3.8, 4) is 0 Å². The third kappa shape index (κ3) is 4.31. The number of carbonyl (C=O) groups excluding carboxylic acids is 3. The molecule has 2 rings (SSSR count). The summed E-state index contributed by atoms with van der Waals surface area (Å²) in [5, 5.41) is 2.45. The van der Waals surface area contributed by atoms with Gasteiger partial charge < -0.3 is 10.1 Å². The summed E-state index contributed by atoms with van der Waals surface area (Å²) in [7, 11) is 0. The van der Waals surface area contributed by atoms with E-state index in [0.29, 0.717) is 24.9 Å². The number of hydrogen-bond donors (Lipinski definition) is 1. The summed E-state index contributed by atoms with van der Waals surface area (Å²) >= 11 is 0. The number of rotatable bonds is 6. The third-order valence-corrected chi connectivity index (χ3v) is 4.08. The summed E-state index contributed by atoms with van der Waals surface area (Å²) in [4.78, 5) is 35.5. The van der Waals surface area contributed by atoms with Crippen LogP contribution in [0.1, 0.15) is 32.6 Å². The molecule has 0 radical (unpaired) electrons. The summed E-state index contributed by atoms with van der Waals surface area (Å²) in [5.41, 5.74) is 0. The van der Waals surface area contributed by atoms with Crippen LogP contribution >= 0.6 is 0 Å². The van der Waals surface area contributed by atoms with Crippen LogP contribution in [-0.2, 0) is 14.3 Å². The fraction of sp³-hybridized carbons (Fsp3) is 0.667. The Bertz CT molecular complexity index is 431. The second-order valence-corrected chi connectivity index (χ2v) is 5.67. The second-order valence-electron chi connectivity index (χ2n) is 5.67. The lowest BCUT2D eigenvalue weighted by atomic mass is 9.85. The second kappa shape index (κ2) is 7.24. The van der Waals surface area contributed by atoms with E-state index in [2.05, 4.69) is 24.4 Å². The van der Waals surface area contributed by atoms with Crippen molar-refractivity contribution in [3.05, 3.63) is 12.2 Å². The predicted octanol–water partition coefficient (Wildman–Crippen LogP) is 1.46. The molecular formula is C15H22N2O4. The first-order valence-corrected chi connectivity index (χ1v) is 7.46. The molecule has 0 aromatic rings. The molecular weight excluding hydrogens is 272 g/mol. The minimum Gasteiger partial charge on any atom is -0.465 e. The van der Waals surface area contributed by atoms with Crippen LogP contribution in [0.2, 0.25) is 0 Å². The fourth-order valence-corrected chi connectivity index (χ4v) is 2.57. The number of carbonyl (C=O) groups is 3. The van der Waals surface area contributed by atoms with Gasteiger partial charge in [-0.1, -0.05) is 19.1 Å². The van der Waals surface area contributed by atoms with Gasteiger partial charge in [-0.15, -0.1) is 0 Å². The maximum atomic E-state index is 11.7. The molecule has 21 heavy (non-hydrogen) atoms. The molecule has 1 aliphatic heterocycles. The van der Waals surface area contributed by atoms with Crippen LogP contribution in [-0.4, -0.2) is 42.5 Å². The van der Waals surface area contributed by atoms with Crippen molar-refractivity contribution in [1.29, 1.82) is 0 Å². The van der Waals surface area contributed by atoms with Gasteiger partial charge >= 0.3 is 12.0 Å². The molecule has 1 fully saturated rings. The van der Waals surface area contributed by atoms with Crippen LogP contribution in [0.15, 0.2) is 12.2 Å². The van der Waals surface area contributed by atoms with Crippen LogP contribution in [0, 0.1) is 11.8 Å². The Labute approximate surface area is 124 Å². The molecule has 2 aliphatic rings. The maximum absolute atomic E-state index is 11.7. The number of nitrogens with zero attached hydrogens (tertiary/aromatic N) is 1. The molecule has 1 heterocycles. The predicted molar refractivity (Wildman–Crippen MR) is 76.3 cm³/mol. The smallest absolute Gasteiger partial charge is 0.324 e. The van der Waals surface area contributed by atoms with Gasteiger partial charge in [-0.3, -0.25) is 14.5 Å². The van der Waals surface area contributed by atoms with Crippen molar-refractivity contribution < 1.29 is 19.1 Å². The Hall–Kier alpha value is -1.85. The molecule has 6 nitrogen and oxygen atoms in total. The summed E-state index contributed by atoms with van der Waals surface area (Å²) in [6.07, 6.45) is 6.97. The molecule has 0 bridgehead atoms. The van der Waals surface area contributed by atoms with Gasteiger partial charge in [-0.2, -0.15) is 0 Å². The molecule has 2 atom stereocenters. The van der Waals surface area contributed by atoms with Gasteiger partial charge in [0.15, 0.2) is 0 Å². The highest BCUT2D eigenvalue weighted by atomic mass is 16.5. The van der Waals surface area contributed by atoms with E-state index in [1.165, 1.54) is 0 Å². The van der Waals surface area contributed by atoms with E-state index >= 15 is 0 Å². The minimum atomic E-state index is -0.379. The van der Waals surface area contributed by atoms with Crippen molar-refractivity contribution in [2.24, 2.45) is 11.8 Å². The maximum Gasteiger partial charge on any atom is 0.324 e. The van der Waals surface area contributed by atoms with E-state index in [4.69, 9.17) is 4.74 Å². The average molecular weight is 294 g/mol. The highest BCUT2D eigenvalue weighted by Gasteiger charge is 2.28. The van der Waals surface area contributed by atoms with Gasteiger partial charge in [0.1, 0.15) is 0 Å². The van der Waals surface area contributed by atoms with E-state index in [0.717, 1.165) is 17.7 Å². The zero-order valence-electron chi connectivity index (χ0n) is 12.3. The fourth-order valence-electron chi connectivity index (χ4n) is 2.57. The highest BCUT2D eigenvalue weighted by molar-refractivity contribution is 6.01. The van der Waals surface area contributed by atoms with E-state index in [-0.39, 0.29) is 37.4 Å². The van der Waals surface area contributed by atoms with Crippen LogP contribution in [0.4, 0.5) is 4.79 Å². The molecule has 0 unspecified atom stereocenters. The first-order valence-electron chi connectivity index (χ1n) is 7.46. The van der Waals surface area contributed by atoms with Crippen molar-refractivity contribution in [2.45, 2.75) is 32.6 Å². The van der Waals surface area contributed by atoms with Gasteiger partial charge in [-0.05, 0) is 31.1 Å². The monoisotopic (exact) mass is 294 g/mol. The number of nitrogens with one attached hydrogen (secondary N) is 1. The molecule has 3 amide bonds. The molecule has 6 heteroatoms. The molecule has 1 N–H and O–H groups in total. The summed E-state index contributed by atoms with van der Waals surface area (Å²) in [6, 6.07) is -0.379. The van der Waals surface area contributed by atoms with Crippen LogP contribution in [0.25, 0.3) is 0 Å². The summed E-state index contributed by atoms with van der Waals surface area (Å²) < 4.78 is 5.29. The number of urea groups is 1. The van der Waals surface area contributed by atoms with Gasteiger partial charge in [0.05, 0.1) is 13.2 Å². The Balaban J connectivity index is 1.62. The lowest BCUT2D eigenvalue weighted by Gasteiger charge is -2.24. The number of hydrogen-bond acceptors (Lipinski definition) is 4. The number of imide groups is 1. The van der Waals surface area contributed by atoms with Crippen molar-refractivity contribution in [2.75, 3.05) is 19.7 Å². The summed E-state index contributed by atoms with van der Waals surface area (Å²) in [5.74, 6) is 0.429. The molecule has 1 aliphatic carbocycles. The first-order chi connectivity index (χ1) is 10.1. The molecule has 116 valence electrons. The number of esters is 1. The Morgan fingerprint density at radius 3 is 2.81 bits per heavy atom. The number of amides is 3. The SMILES string of the molecule is C[C@H]1CC=CC[C@H]1COC(=O)CCCN1C(=O)CNC1=O. The quantitative estimate of drug-likeness (QED) is 0.457. The van der Waals surface area contributed by atoms with E-state index in [1.54, 1.807) is 0 Å². The molecule has 0 aromatic heterocycles. The van der Waals surface area contributed by atoms with Gasteiger partial charge in [-0.25, -0.2) is 4.79 Å². The Morgan fingerprint density at radius 2 is 2.14 bits per heavy atom. The van der Waals surface area contributed by atoms with Crippen LogP contribution in [0.5, 0.6) is 0 Å². The van der Waals surface area contributed by atoms with Crippen molar-refractivity contribution in [1.82, 2.24) is 10.2 Å². The van der Waals surface area contributed by atoms with Crippen LogP contribution < -0.4 is 5.32 Å². The molecule has 0 spiro atoms. The van der Waals surface area contributed by atoms with E-state index < -0.39 is 0 Å². The minimum absolute atomic E-state index is 0.0520. The average Bonchev–Trinajstić information content (AvgIpc) is 2.78. The Morgan fingerprint density at radius 1 is 1.38 bits per heavy atom. The first kappa shape index (κ1) is 15.5. The molecule has 0 aromatic carbocycles. The highest BCUT2D eigenvalue weighted by Crippen LogP contribution is 2.25. The van der Waals surface area contributed by atoms with Crippen molar-refractivity contribution in [3.63, 3.8) is 0 Å². The zero-order valence-corrected chi connectivity index (χ0v) is 12.3. The van der Waals surface area contributed by atoms with Crippen molar-refractivity contribution >= 4 is 17.9 Å². The lowest BCUT2D eigenvalue weighted by Crippen LogP contribution is -2.32. The molecule has 0 saturated carbocycles. The number of allylic oxidation sites excluding steroid dienone is 2. The largest absolute Gasteiger partial charge is 0.465 e.